The van der Waals surface area contributed by atoms with Gasteiger partial charge in [0.25, 0.3) is 15.9 Å². The molecular formula is C14H11N3O3S. The van der Waals surface area contributed by atoms with Gasteiger partial charge in [-0.25, -0.2) is 18.1 Å². The van der Waals surface area contributed by atoms with E-state index >= 15 is 0 Å². The van der Waals surface area contributed by atoms with E-state index in [1.165, 1.54) is 18.3 Å². The average molecular weight is 301 g/mol. The zero-order valence-corrected chi connectivity index (χ0v) is 11.6. The summed E-state index contributed by atoms with van der Waals surface area (Å²) in [5.74, 6) is -0.762. The minimum atomic E-state index is -3.89. The van der Waals surface area contributed by atoms with Crippen LogP contribution < -0.4 is 4.72 Å². The first kappa shape index (κ1) is 13.3. The number of nitrogens with one attached hydrogen (secondary N) is 1. The summed E-state index contributed by atoms with van der Waals surface area (Å²) in [5.41, 5.74) is 0.612. The van der Waals surface area contributed by atoms with Gasteiger partial charge in [-0.2, -0.15) is 0 Å². The van der Waals surface area contributed by atoms with Crippen LogP contribution in [0.25, 0.3) is 5.65 Å². The third-order valence-corrected chi connectivity index (χ3v) is 4.22. The summed E-state index contributed by atoms with van der Waals surface area (Å²) in [6.07, 6.45) is 3.20. The molecule has 3 aromatic rings. The lowest BCUT2D eigenvalue weighted by molar-refractivity contribution is 0.0977. The van der Waals surface area contributed by atoms with Gasteiger partial charge in [-0.3, -0.25) is 4.79 Å². The molecule has 3 rings (SSSR count). The number of benzene rings is 1. The second-order valence-electron chi connectivity index (χ2n) is 4.34. The highest BCUT2D eigenvalue weighted by Gasteiger charge is 2.20. The zero-order chi connectivity index (χ0) is 14.9. The fourth-order valence-corrected chi connectivity index (χ4v) is 2.86. The van der Waals surface area contributed by atoms with Gasteiger partial charge in [-0.05, 0) is 24.3 Å². The Kier molecular flexibility index (Phi) is 3.19. The molecule has 0 aliphatic rings. The Bertz CT molecular complexity index is 868. The SMILES string of the molecule is O=C(NS(=O)(=O)c1ccccc1)c1cn2ccccc2n1. The Morgan fingerprint density at radius 1 is 1.05 bits per heavy atom. The minimum Gasteiger partial charge on any atom is -0.306 e. The number of sulfonamides is 1. The second kappa shape index (κ2) is 5.02. The van der Waals surface area contributed by atoms with E-state index in [0.717, 1.165) is 0 Å². The maximum Gasteiger partial charge on any atom is 0.285 e. The number of imidazole rings is 1. The van der Waals surface area contributed by atoms with E-state index in [2.05, 4.69) is 4.98 Å². The number of carbonyl (C=O) groups excluding carboxylic acids is 1. The van der Waals surface area contributed by atoms with Gasteiger partial charge in [0.15, 0.2) is 0 Å². The highest BCUT2D eigenvalue weighted by atomic mass is 32.2. The smallest absolute Gasteiger partial charge is 0.285 e. The van der Waals surface area contributed by atoms with Gasteiger partial charge in [-0.15, -0.1) is 0 Å². The minimum absolute atomic E-state index is 0.0297. The van der Waals surface area contributed by atoms with Crippen molar-refractivity contribution < 1.29 is 13.2 Å². The molecule has 2 aromatic heterocycles. The van der Waals surface area contributed by atoms with Gasteiger partial charge < -0.3 is 4.40 Å². The molecule has 0 spiro atoms. The summed E-state index contributed by atoms with van der Waals surface area (Å²) in [6, 6.07) is 13.0. The Morgan fingerprint density at radius 2 is 1.76 bits per heavy atom. The van der Waals surface area contributed by atoms with Crippen molar-refractivity contribution in [3.63, 3.8) is 0 Å². The maximum atomic E-state index is 12.1. The summed E-state index contributed by atoms with van der Waals surface area (Å²) >= 11 is 0. The molecule has 106 valence electrons. The van der Waals surface area contributed by atoms with Crippen LogP contribution in [0.3, 0.4) is 0 Å². The van der Waals surface area contributed by atoms with Crippen molar-refractivity contribution in [3.05, 3.63) is 66.6 Å². The Labute approximate surface area is 121 Å². The van der Waals surface area contributed by atoms with Crippen LogP contribution >= 0.6 is 0 Å². The number of hydrogen-bond acceptors (Lipinski definition) is 4. The van der Waals surface area contributed by atoms with Gasteiger partial charge in [0.1, 0.15) is 11.3 Å². The summed E-state index contributed by atoms with van der Waals surface area (Å²) < 4.78 is 27.8. The fourth-order valence-electron chi connectivity index (χ4n) is 1.88. The fraction of sp³-hybridized carbons (Fsp3) is 0. The van der Waals surface area contributed by atoms with E-state index in [9.17, 15) is 13.2 Å². The van der Waals surface area contributed by atoms with Gasteiger partial charge in [0.05, 0.1) is 4.90 Å². The van der Waals surface area contributed by atoms with E-state index in [0.29, 0.717) is 5.65 Å². The third-order valence-electron chi connectivity index (χ3n) is 2.88. The van der Waals surface area contributed by atoms with E-state index in [-0.39, 0.29) is 10.6 Å². The van der Waals surface area contributed by atoms with Crippen LogP contribution in [-0.4, -0.2) is 23.7 Å². The number of fused-ring (bicyclic) bond motifs is 1. The van der Waals surface area contributed by atoms with Crippen LogP contribution in [0.1, 0.15) is 10.5 Å². The van der Waals surface area contributed by atoms with E-state index in [1.807, 2.05) is 4.72 Å². The highest BCUT2D eigenvalue weighted by Crippen LogP contribution is 2.09. The number of amides is 1. The topological polar surface area (TPSA) is 80.5 Å². The predicted molar refractivity (Wildman–Crippen MR) is 76.3 cm³/mol. The molecule has 1 aromatic carbocycles. The molecule has 0 unspecified atom stereocenters. The van der Waals surface area contributed by atoms with Gasteiger partial charge in [-0.1, -0.05) is 24.3 Å². The Morgan fingerprint density at radius 3 is 2.48 bits per heavy atom. The molecule has 0 aliphatic carbocycles. The van der Waals surface area contributed by atoms with E-state index in [1.54, 1.807) is 47.0 Å². The van der Waals surface area contributed by atoms with Crippen LogP contribution in [0.5, 0.6) is 0 Å². The molecule has 0 saturated carbocycles. The highest BCUT2D eigenvalue weighted by molar-refractivity contribution is 7.90. The van der Waals surface area contributed by atoms with Crippen molar-refractivity contribution in [1.29, 1.82) is 0 Å². The van der Waals surface area contributed by atoms with Crippen molar-refractivity contribution in [2.75, 3.05) is 0 Å². The van der Waals surface area contributed by atoms with Gasteiger partial charge in [0, 0.05) is 12.4 Å². The van der Waals surface area contributed by atoms with Crippen LogP contribution in [0.2, 0.25) is 0 Å². The molecule has 0 radical (unpaired) electrons. The molecule has 0 fully saturated rings. The number of carbonyl (C=O) groups is 1. The van der Waals surface area contributed by atoms with Crippen LogP contribution in [0.15, 0.2) is 65.8 Å². The van der Waals surface area contributed by atoms with E-state index in [4.69, 9.17) is 0 Å². The molecular weight excluding hydrogens is 290 g/mol. The van der Waals surface area contributed by atoms with Gasteiger partial charge >= 0.3 is 0 Å². The van der Waals surface area contributed by atoms with Crippen molar-refractivity contribution in [2.45, 2.75) is 4.90 Å². The lowest BCUT2D eigenvalue weighted by Gasteiger charge is -2.04. The molecule has 7 heteroatoms. The number of pyridine rings is 1. The van der Waals surface area contributed by atoms with Crippen molar-refractivity contribution in [2.24, 2.45) is 0 Å². The maximum absolute atomic E-state index is 12.1. The summed E-state index contributed by atoms with van der Waals surface area (Å²) in [7, 11) is -3.89. The number of rotatable bonds is 3. The summed E-state index contributed by atoms with van der Waals surface area (Å²) in [5, 5.41) is 0. The summed E-state index contributed by atoms with van der Waals surface area (Å²) in [6.45, 7) is 0. The quantitative estimate of drug-likeness (QED) is 0.794. The molecule has 21 heavy (non-hydrogen) atoms. The van der Waals surface area contributed by atoms with Crippen LogP contribution in [0.4, 0.5) is 0 Å². The molecule has 1 amide bonds. The molecule has 2 heterocycles. The van der Waals surface area contributed by atoms with Crippen molar-refractivity contribution in [1.82, 2.24) is 14.1 Å². The molecule has 0 atom stereocenters. The first-order chi connectivity index (χ1) is 10.1. The van der Waals surface area contributed by atoms with Crippen LogP contribution in [0, 0.1) is 0 Å². The van der Waals surface area contributed by atoms with E-state index < -0.39 is 15.9 Å². The van der Waals surface area contributed by atoms with Gasteiger partial charge in [0.2, 0.25) is 0 Å². The number of nitrogens with zero attached hydrogens (tertiary/aromatic N) is 2. The zero-order valence-electron chi connectivity index (χ0n) is 10.8. The Balaban J connectivity index is 1.89. The monoisotopic (exact) mass is 301 g/mol. The lowest BCUT2D eigenvalue weighted by atomic mass is 10.4. The lowest BCUT2D eigenvalue weighted by Crippen LogP contribution is -2.30. The molecule has 0 aliphatic heterocycles. The van der Waals surface area contributed by atoms with Crippen molar-refractivity contribution in [3.8, 4) is 0 Å². The molecule has 6 nitrogen and oxygen atoms in total. The predicted octanol–water partition coefficient (Wildman–Crippen LogP) is 1.45. The Hall–Kier alpha value is -2.67. The normalized spacial score (nSPS) is 11.4. The first-order valence-electron chi connectivity index (χ1n) is 6.12. The largest absolute Gasteiger partial charge is 0.306 e. The average Bonchev–Trinajstić information content (AvgIpc) is 2.92. The second-order valence-corrected chi connectivity index (χ2v) is 6.02. The molecule has 0 saturated heterocycles. The molecule has 1 N–H and O–H groups in total. The third kappa shape index (κ3) is 2.63. The van der Waals surface area contributed by atoms with Crippen LogP contribution in [-0.2, 0) is 10.0 Å². The number of hydrogen-bond donors (Lipinski definition) is 1. The summed E-state index contributed by atoms with van der Waals surface area (Å²) in [4.78, 5) is 16.1. The number of aromatic nitrogens is 2. The standard InChI is InChI=1S/C14H11N3O3S/c18-14(12-10-17-9-5-4-8-13(17)15-12)16-21(19,20)11-6-2-1-3-7-11/h1-10H,(H,16,18). The first-order valence-corrected chi connectivity index (χ1v) is 7.60. The molecule has 0 bridgehead atoms. The van der Waals surface area contributed by atoms with Crippen molar-refractivity contribution >= 4 is 21.6 Å².